The van der Waals surface area contributed by atoms with Gasteiger partial charge in [0, 0.05) is 31.3 Å². The molecule has 0 spiro atoms. The predicted molar refractivity (Wildman–Crippen MR) is 133 cm³/mol. The van der Waals surface area contributed by atoms with E-state index >= 15 is 0 Å². The molecule has 0 fully saturated rings. The van der Waals surface area contributed by atoms with Gasteiger partial charge in [0.2, 0.25) is 5.91 Å². The molecule has 0 aliphatic rings. The summed E-state index contributed by atoms with van der Waals surface area (Å²) in [6.07, 6.45) is 31.2. The number of carbonyl (C=O) groups excluding carboxylic acids is 1. The van der Waals surface area contributed by atoms with Gasteiger partial charge < -0.3 is 10.3 Å². The van der Waals surface area contributed by atoms with Crippen LogP contribution >= 0.6 is 0 Å². The summed E-state index contributed by atoms with van der Waals surface area (Å²) in [5.41, 5.74) is 1.07. The third-order valence-electron chi connectivity index (χ3n) is 6.28. The lowest BCUT2D eigenvalue weighted by atomic mass is 10.0. The van der Waals surface area contributed by atoms with Gasteiger partial charge in [-0.2, -0.15) is 0 Å². The third-order valence-corrected chi connectivity index (χ3v) is 6.28. The van der Waals surface area contributed by atoms with Crippen molar-refractivity contribution >= 4 is 5.91 Å². The fourth-order valence-electron chi connectivity index (χ4n) is 4.21. The van der Waals surface area contributed by atoms with Crippen LogP contribution < -0.4 is 5.32 Å². The quantitative estimate of drug-likeness (QED) is 0.172. The lowest BCUT2D eigenvalue weighted by Crippen LogP contribution is -2.25. The van der Waals surface area contributed by atoms with E-state index in [1.54, 1.807) is 6.33 Å². The Hall–Kier alpha value is -1.32. The normalized spacial score (nSPS) is 11.1. The van der Waals surface area contributed by atoms with Gasteiger partial charge in [-0.3, -0.25) is 4.79 Å². The van der Waals surface area contributed by atoms with E-state index in [-0.39, 0.29) is 5.91 Å². The van der Waals surface area contributed by atoms with E-state index in [2.05, 4.69) is 22.2 Å². The Labute approximate surface area is 192 Å². The predicted octanol–water partition coefficient (Wildman–Crippen LogP) is 7.89. The maximum absolute atomic E-state index is 11.8. The minimum atomic E-state index is 0.187. The smallest absolute Gasteiger partial charge is 0.220 e. The van der Waals surface area contributed by atoms with E-state index in [0.717, 1.165) is 18.5 Å². The molecule has 0 radical (unpaired) electrons. The van der Waals surface area contributed by atoms with Crippen LogP contribution in [0.1, 0.15) is 141 Å². The van der Waals surface area contributed by atoms with Crippen LogP contribution in [0.15, 0.2) is 12.5 Å². The number of aromatic amines is 1. The van der Waals surface area contributed by atoms with Gasteiger partial charge in [-0.25, -0.2) is 4.98 Å². The molecule has 1 aromatic heterocycles. The summed E-state index contributed by atoms with van der Waals surface area (Å²) < 4.78 is 0. The summed E-state index contributed by atoms with van der Waals surface area (Å²) in [4.78, 5) is 18.9. The van der Waals surface area contributed by atoms with Gasteiger partial charge >= 0.3 is 0 Å². The number of hydrogen-bond donors (Lipinski definition) is 2. The molecule has 0 saturated heterocycles. The van der Waals surface area contributed by atoms with Gasteiger partial charge in [-0.15, -0.1) is 0 Å². The molecule has 2 N–H and O–H groups in total. The summed E-state index contributed by atoms with van der Waals surface area (Å²) in [5.74, 6) is 0.187. The van der Waals surface area contributed by atoms with Gasteiger partial charge in [0.1, 0.15) is 0 Å². The molecule has 0 unspecified atom stereocenters. The first-order valence-corrected chi connectivity index (χ1v) is 13.6. The Morgan fingerprint density at radius 2 is 1.19 bits per heavy atom. The SMILES string of the molecule is CCCCCCCCCCCCCCCCCCCCCC(=O)NCCc1cnc[nH]1. The van der Waals surface area contributed by atoms with Crippen molar-refractivity contribution in [1.29, 1.82) is 0 Å². The van der Waals surface area contributed by atoms with Gasteiger partial charge in [0.15, 0.2) is 0 Å². The van der Waals surface area contributed by atoms with Gasteiger partial charge in [-0.1, -0.05) is 122 Å². The van der Waals surface area contributed by atoms with Crippen molar-refractivity contribution in [3.05, 3.63) is 18.2 Å². The number of hydrogen-bond acceptors (Lipinski definition) is 2. The van der Waals surface area contributed by atoms with E-state index in [4.69, 9.17) is 0 Å². The molecule has 31 heavy (non-hydrogen) atoms. The molecule has 0 aliphatic heterocycles. The molecule has 180 valence electrons. The van der Waals surface area contributed by atoms with E-state index < -0.39 is 0 Å². The standard InChI is InChI=1S/C27H51N3O/c1-2-3-4-5-6-7-8-9-10-11-12-13-14-15-16-17-18-19-20-21-27(31)29-23-22-26-24-28-25-30-26/h24-25H,2-23H2,1H3,(H,28,30)(H,29,31). The number of H-pyrrole nitrogens is 1. The Kier molecular flexibility index (Phi) is 19.6. The van der Waals surface area contributed by atoms with Crippen molar-refractivity contribution in [3.63, 3.8) is 0 Å². The highest BCUT2D eigenvalue weighted by atomic mass is 16.1. The summed E-state index contributed by atoms with van der Waals surface area (Å²) in [6.45, 7) is 2.98. The molecular formula is C27H51N3O. The maximum Gasteiger partial charge on any atom is 0.220 e. The molecule has 1 heterocycles. The van der Waals surface area contributed by atoms with E-state index in [1.807, 2.05) is 6.20 Å². The Morgan fingerprint density at radius 1 is 0.742 bits per heavy atom. The fraction of sp³-hybridized carbons (Fsp3) is 0.852. The van der Waals surface area contributed by atoms with Crippen LogP contribution in [0.2, 0.25) is 0 Å². The second kappa shape index (κ2) is 21.9. The highest BCUT2D eigenvalue weighted by Gasteiger charge is 2.01. The zero-order valence-corrected chi connectivity index (χ0v) is 20.6. The van der Waals surface area contributed by atoms with Crippen molar-refractivity contribution in [2.75, 3.05) is 6.54 Å². The Morgan fingerprint density at radius 3 is 1.61 bits per heavy atom. The average molecular weight is 434 g/mol. The molecular weight excluding hydrogens is 382 g/mol. The van der Waals surface area contributed by atoms with Crippen LogP contribution in [0.3, 0.4) is 0 Å². The van der Waals surface area contributed by atoms with Gasteiger partial charge in [-0.05, 0) is 6.42 Å². The molecule has 0 aliphatic carbocycles. The molecule has 1 amide bonds. The highest BCUT2D eigenvalue weighted by Crippen LogP contribution is 2.14. The largest absolute Gasteiger partial charge is 0.356 e. The number of nitrogens with zero attached hydrogens (tertiary/aromatic N) is 1. The molecule has 0 aromatic carbocycles. The summed E-state index contributed by atoms with van der Waals surface area (Å²) in [5, 5.41) is 2.99. The number of rotatable bonds is 23. The van der Waals surface area contributed by atoms with Gasteiger partial charge in [0.05, 0.1) is 6.33 Å². The number of amides is 1. The fourth-order valence-corrected chi connectivity index (χ4v) is 4.21. The van der Waals surface area contributed by atoms with Crippen molar-refractivity contribution in [1.82, 2.24) is 15.3 Å². The highest BCUT2D eigenvalue weighted by molar-refractivity contribution is 5.75. The first-order chi connectivity index (χ1) is 15.3. The lowest BCUT2D eigenvalue weighted by molar-refractivity contribution is -0.121. The number of imidazole rings is 1. The number of nitrogens with one attached hydrogen (secondary N) is 2. The molecule has 1 aromatic rings. The lowest BCUT2D eigenvalue weighted by Gasteiger charge is -2.05. The van der Waals surface area contributed by atoms with Crippen LogP contribution in [-0.2, 0) is 11.2 Å². The molecule has 1 rings (SSSR count). The van der Waals surface area contributed by atoms with Gasteiger partial charge in [0.25, 0.3) is 0 Å². The maximum atomic E-state index is 11.8. The molecule has 0 atom stereocenters. The van der Waals surface area contributed by atoms with Crippen molar-refractivity contribution < 1.29 is 4.79 Å². The second-order valence-corrected chi connectivity index (χ2v) is 9.29. The zero-order chi connectivity index (χ0) is 22.2. The van der Waals surface area contributed by atoms with Crippen molar-refractivity contribution in [3.8, 4) is 0 Å². The topological polar surface area (TPSA) is 57.8 Å². The Bertz CT molecular complexity index is 487. The number of carbonyl (C=O) groups is 1. The van der Waals surface area contributed by atoms with E-state index in [1.165, 1.54) is 116 Å². The van der Waals surface area contributed by atoms with E-state index in [0.29, 0.717) is 13.0 Å². The summed E-state index contributed by atoms with van der Waals surface area (Å²) >= 11 is 0. The summed E-state index contributed by atoms with van der Waals surface area (Å²) in [7, 11) is 0. The molecule has 4 heteroatoms. The minimum Gasteiger partial charge on any atom is -0.356 e. The van der Waals surface area contributed by atoms with Crippen molar-refractivity contribution in [2.45, 2.75) is 142 Å². The average Bonchev–Trinajstić information content (AvgIpc) is 3.29. The Balaban J connectivity index is 1.69. The number of aromatic nitrogens is 2. The monoisotopic (exact) mass is 433 g/mol. The summed E-state index contributed by atoms with van der Waals surface area (Å²) in [6, 6.07) is 0. The van der Waals surface area contributed by atoms with Crippen LogP contribution in [0.4, 0.5) is 0 Å². The van der Waals surface area contributed by atoms with Crippen LogP contribution in [-0.4, -0.2) is 22.4 Å². The first-order valence-electron chi connectivity index (χ1n) is 13.6. The van der Waals surface area contributed by atoms with Crippen LogP contribution in [0.25, 0.3) is 0 Å². The molecule has 4 nitrogen and oxygen atoms in total. The third kappa shape index (κ3) is 19.1. The van der Waals surface area contributed by atoms with Crippen molar-refractivity contribution in [2.24, 2.45) is 0 Å². The minimum absolute atomic E-state index is 0.187. The number of unbranched alkanes of at least 4 members (excludes halogenated alkanes) is 18. The molecule has 0 saturated carbocycles. The second-order valence-electron chi connectivity index (χ2n) is 9.29. The first kappa shape index (κ1) is 27.7. The van der Waals surface area contributed by atoms with Crippen LogP contribution in [0, 0.1) is 0 Å². The molecule has 0 bridgehead atoms. The zero-order valence-electron chi connectivity index (χ0n) is 20.6. The van der Waals surface area contributed by atoms with Crippen LogP contribution in [0.5, 0.6) is 0 Å². The van der Waals surface area contributed by atoms with E-state index in [9.17, 15) is 4.79 Å².